The molecule has 1 aromatic carbocycles. The third kappa shape index (κ3) is 2.93. The number of carboxylic acids is 1. The number of nitrogens with zero attached hydrogens (tertiary/aromatic N) is 3. The third-order valence-electron chi connectivity index (χ3n) is 4.05. The van der Waals surface area contributed by atoms with Crippen LogP contribution < -0.4 is 10.4 Å². The largest absolute Gasteiger partial charge is 0.545 e. The molecule has 0 unspecified atom stereocenters. The number of thiazole rings is 1. The van der Waals surface area contributed by atoms with Crippen LogP contribution in [0.2, 0.25) is 0 Å². The molecule has 0 saturated carbocycles. The number of hydrogen-bond donors (Lipinski definition) is 1. The summed E-state index contributed by atoms with van der Waals surface area (Å²) in [6.07, 6.45) is 2.00. The van der Waals surface area contributed by atoms with E-state index in [4.69, 9.17) is 0 Å². The summed E-state index contributed by atoms with van der Waals surface area (Å²) in [5, 5.41) is 16.8. The molecule has 1 N–H and O–H groups in total. The van der Waals surface area contributed by atoms with Gasteiger partial charge in [0.25, 0.3) is 0 Å². The van der Waals surface area contributed by atoms with Gasteiger partial charge in [-0.3, -0.25) is 4.40 Å². The van der Waals surface area contributed by atoms with Gasteiger partial charge in [-0.05, 0) is 49.2 Å². The number of hydrogen-bond acceptors (Lipinski definition) is 6. The van der Waals surface area contributed by atoms with E-state index in [9.17, 15) is 9.90 Å². The minimum Gasteiger partial charge on any atom is -0.545 e. The number of aryl methyl sites for hydroxylation is 2. The van der Waals surface area contributed by atoms with Crippen molar-refractivity contribution in [3.05, 3.63) is 64.8 Å². The van der Waals surface area contributed by atoms with Gasteiger partial charge in [-0.15, -0.1) is 11.3 Å². The Labute approximate surface area is 153 Å². The standard InChI is InChI=1S/C19H16N4O2S/c1-11-6-7-23-16(8-11)20-12(2)17(23)15-10-26-19(22-15)21-14-5-3-4-13(9-14)18(24)25/h3-10H,1-2H3,(H,21,22)(H,24,25)/p-1. The van der Waals surface area contributed by atoms with E-state index in [-0.39, 0.29) is 5.56 Å². The van der Waals surface area contributed by atoms with Crippen LogP contribution in [0.15, 0.2) is 48.0 Å². The van der Waals surface area contributed by atoms with Crippen LogP contribution in [0, 0.1) is 13.8 Å². The predicted molar refractivity (Wildman–Crippen MR) is 99.8 cm³/mol. The van der Waals surface area contributed by atoms with Crippen LogP contribution in [0.4, 0.5) is 10.8 Å². The van der Waals surface area contributed by atoms with Crippen LogP contribution >= 0.6 is 11.3 Å². The van der Waals surface area contributed by atoms with Gasteiger partial charge in [-0.1, -0.05) is 12.1 Å². The molecule has 0 aliphatic rings. The SMILES string of the molecule is Cc1ccn2c(-c3csc(Nc4cccc(C(=O)[O-])c4)n3)c(C)nc2c1. The summed E-state index contributed by atoms with van der Waals surface area (Å²) in [6, 6.07) is 10.5. The highest BCUT2D eigenvalue weighted by molar-refractivity contribution is 7.14. The van der Waals surface area contributed by atoms with Crippen LogP contribution in [0.1, 0.15) is 21.6 Å². The molecular formula is C19H15N4O2S-. The van der Waals surface area contributed by atoms with Crippen molar-refractivity contribution in [3.63, 3.8) is 0 Å². The van der Waals surface area contributed by atoms with Crippen LogP contribution in [-0.4, -0.2) is 20.3 Å². The Balaban J connectivity index is 1.68. The van der Waals surface area contributed by atoms with Crippen LogP contribution in [0.25, 0.3) is 17.0 Å². The second-order valence-corrected chi connectivity index (χ2v) is 6.87. The summed E-state index contributed by atoms with van der Waals surface area (Å²) in [4.78, 5) is 20.2. The first-order chi connectivity index (χ1) is 12.5. The number of pyridine rings is 1. The number of benzene rings is 1. The van der Waals surface area contributed by atoms with Crippen LogP contribution in [-0.2, 0) is 0 Å². The third-order valence-corrected chi connectivity index (χ3v) is 4.81. The number of carboxylic acid groups (broad SMARTS) is 1. The maximum atomic E-state index is 11.0. The first-order valence-electron chi connectivity index (χ1n) is 8.01. The van der Waals surface area contributed by atoms with Gasteiger partial charge in [-0.25, -0.2) is 9.97 Å². The highest BCUT2D eigenvalue weighted by atomic mass is 32.1. The van der Waals surface area contributed by atoms with Gasteiger partial charge in [0.05, 0.1) is 17.4 Å². The molecule has 0 bridgehead atoms. The van der Waals surface area contributed by atoms with Crippen molar-refractivity contribution in [3.8, 4) is 11.4 Å². The zero-order chi connectivity index (χ0) is 18.3. The van der Waals surface area contributed by atoms with Crippen LogP contribution in [0.3, 0.4) is 0 Å². The second kappa shape index (κ2) is 6.27. The van der Waals surface area contributed by atoms with Gasteiger partial charge in [0, 0.05) is 17.3 Å². The predicted octanol–water partition coefficient (Wildman–Crippen LogP) is 3.18. The minimum absolute atomic E-state index is 0.125. The smallest absolute Gasteiger partial charge is 0.187 e. The lowest BCUT2D eigenvalue weighted by atomic mass is 10.2. The normalized spacial score (nSPS) is 11.0. The lowest BCUT2D eigenvalue weighted by Crippen LogP contribution is -2.22. The molecule has 0 spiro atoms. The molecule has 4 rings (SSSR count). The number of fused-ring (bicyclic) bond motifs is 1. The maximum Gasteiger partial charge on any atom is 0.187 e. The van der Waals surface area contributed by atoms with Gasteiger partial charge in [0.2, 0.25) is 0 Å². The Hall–Kier alpha value is -3.19. The van der Waals surface area contributed by atoms with Crippen molar-refractivity contribution in [1.29, 1.82) is 0 Å². The number of anilines is 2. The zero-order valence-electron chi connectivity index (χ0n) is 14.2. The van der Waals surface area contributed by atoms with Gasteiger partial charge < -0.3 is 15.2 Å². The molecule has 7 heteroatoms. The molecule has 0 saturated heterocycles. The van der Waals surface area contributed by atoms with Gasteiger partial charge in [-0.2, -0.15) is 0 Å². The second-order valence-electron chi connectivity index (χ2n) is 6.01. The van der Waals surface area contributed by atoms with Crippen molar-refractivity contribution in [2.75, 3.05) is 5.32 Å². The Kier molecular flexibility index (Phi) is 3.93. The molecule has 0 aliphatic heterocycles. The van der Waals surface area contributed by atoms with Gasteiger partial charge >= 0.3 is 0 Å². The average molecular weight is 363 g/mol. The number of aromatic carboxylic acids is 1. The van der Waals surface area contributed by atoms with E-state index in [0.29, 0.717) is 10.8 Å². The Morgan fingerprint density at radius 1 is 1.19 bits per heavy atom. The number of rotatable bonds is 4. The number of carbonyl (C=O) groups is 1. The Morgan fingerprint density at radius 3 is 2.85 bits per heavy atom. The highest BCUT2D eigenvalue weighted by Crippen LogP contribution is 2.30. The van der Waals surface area contributed by atoms with Crippen molar-refractivity contribution in [1.82, 2.24) is 14.4 Å². The fourth-order valence-corrected chi connectivity index (χ4v) is 3.58. The van der Waals surface area contributed by atoms with Crippen molar-refractivity contribution < 1.29 is 9.90 Å². The number of carbonyl (C=O) groups excluding carboxylic acids is 1. The van der Waals surface area contributed by atoms with Crippen LogP contribution in [0.5, 0.6) is 0 Å². The molecule has 4 aromatic rings. The average Bonchev–Trinajstić information content (AvgIpc) is 3.17. The molecule has 26 heavy (non-hydrogen) atoms. The Bertz CT molecular complexity index is 1130. The van der Waals surface area contributed by atoms with Crippen molar-refractivity contribution in [2.24, 2.45) is 0 Å². The van der Waals surface area contributed by atoms with E-state index in [0.717, 1.165) is 28.3 Å². The first kappa shape index (κ1) is 16.3. The van der Waals surface area contributed by atoms with E-state index in [1.165, 1.54) is 23.5 Å². The summed E-state index contributed by atoms with van der Waals surface area (Å²) < 4.78 is 2.03. The molecule has 0 amide bonds. The summed E-state index contributed by atoms with van der Waals surface area (Å²) in [6.45, 7) is 4.00. The number of imidazole rings is 1. The fourth-order valence-electron chi connectivity index (χ4n) is 2.86. The molecule has 0 aliphatic carbocycles. The van der Waals surface area contributed by atoms with E-state index in [1.807, 2.05) is 42.0 Å². The van der Waals surface area contributed by atoms with E-state index in [2.05, 4.69) is 15.3 Å². The van der Waals surface area contributed by atoms with E-state index >= 15 is 0 Å². The minimum atomic E-state index is -1.20. The first-order valence-corrected chi connectivity index (χ1v) is 8.89. The lowest BCUT2D eigenvalue weighted by molar-refractivity contribution is -0.255. The molecule has 3 heterocycles. The van der Waals surface area contributed by atoms with E-state index < -0.39 is 5.97 Å². The maximum absolute atomic E-state index is 11.0. The molecule has 3 aromatic heterocycles. The molecule has 130 valence electrons. The topological polar surface area (TPSA) is 82.3 Å². The lowest BCUT2D eigenvalue weighted by Gasteiger charge is -2.06. The molecule has 6 nitrogen and oxygen atoms in total. The van der Waals surface area contributed by atoms with Crippen molar-refractivity contribution >= 4 is 33.8 Å². The summed E-state index contributed by atoms with van der Waals surface area (Å²) in [7, 11) is 0. The van der Waals surface area contributed by atoms with Gasteiger partial charge in [0.1, 0.15) is 11.3 Å². The van der Waals surface area contributed by atoms with Gasteiger partial charge in [0.15, 0.2) is 5.13 Å². The Morgan fingerprint density at radius 2 is 2.04 bits per heavy atom. The quantitative estimate of drug-likeness (QED) is 0.602. The molecule has 0 fully saturated rings. The fraction of sp³-hybridized carbons (Fsp3) is 0.105. The van der Waals surface area contributed by atoms with E-state index in [1.54, 1.807) is 12.1 Å². The number of nitrogens with one attached hydrogen (secondary N) is 1. The zero-order valence-corrected chi connectivity index (χ0v) is 15.0. The summed E-state index contributed by atoms with van der Waals surface area (Å²) in [5.41, 5.74) is 5.50. The molecule has 0 atom stereocenters. The molecular weight excluding hydrogens is 348 g/mol. The van der Waals surface area contributed by atoms with Crippen molar-refractivity contribution in [2.45, 2.75) is 13.8 Å². The highest BCUT2D eigenvalue weighted by Gasteiger charge is 2.14. The summed E-state index contributed by atoms with van der Waals surface area (Å²) in [5.74, 6) is -1.20. The monoisotopic (exact) mass is 363 g/mol. The summed E-state index contributed by atoms with van der Waals surface area (Å²) >= 11 is 1.45. The molecule has 0 radical (unpaired) electrons. The number of aromatic nitrogens is 3.